The van der Waals surface area contributed by atoms with Crippen LogP contribution in [0.3, 0.4) is 0 Å². The van der Waals surface area contributed by atoms with Crippen molar-refractivity contribution < 1.29 is 8.83 Å². The topological polar surface area (TPSA) is 67.3 Å². The number of fused-ring (bicyclic) bond motifs is 12. The largest absolute Gasteiger partial charge is 0.456 e. The molecule has 0 aliphatic carbocycles. The summed E-state index contributed by atoms with van der Waals surface area (Å²) in [5.74, 6) is 0. The zero-order valence-electron chi connectivity index (χ0n) is 34.4. The van der Waals surface area contributed by atoms with Crippen molar-refractivity contribution in [2.24, 2.45) is 0 Å². The first-order valence-electron chi connectivity index (χ1n) is 21.8. The van der Waals surface area contributed by atoms with E-state index in [0.29, 0.717) is 0 Å². The molecule has 3 atom stereocenters. The van der Waals surface area contributed by atoms with Crippen LogP contribution in [0.1, 0.15) is 35.2 Å². The molecule has 1 saturated heterocycles. The molecule has 1 aliphatic heterocycles. The van der Waals surface area contributed by atoms with Gasteiger partial charge in [-0.15, -0.1) is 11.3 Å². The van der Waals surface area contributed by atoms with E-state index >= 15 is 0 Å². The number of nitrogens with zero attached hydrogens (tertiary/aromatic N) is 1. The van der Waals surface area contributed by atoms with Crippen molar-refractivity contribution in [2.75, 3.05) is 0 Å². The standard InChI is InChI=1S/C57H38N4O2S/c1-2-11-33(12-3-1)55-58-56(36-23-27-49-44(29-36)40-15-6-9-19-48(40)62-49)60-57(59-55)43-16-10-20-52-54(43)42-26-22-35(31-53(42)64-52)34-21-25-41-45-32-37(24-28-50(45)63-51(41)30-34)61-46-17-7-4-13-38(46)39-14-5-8-18-47(39)61/h1-32,55-60H. The number of hydrogen-bond acceptors (Lipinski definition) is 6. The van der Waals surface area contributed by atoms with Crippen LogP contribution >= 0.6 is 11.3 Å². The van der Waals surface area contributed by atoms with Gasteiger partial charge in [-0.25, -0.2) is 0 Å². The van der Waals surface area contributed by atoms with Gasteiger partial charge in [-0.05, 0) is 101 Å². The highest BCUT2D eigenvalue weighted by Gasteiger charge is 2.31. The molecule has 304 valence electrons. The smallest absolute Gasteiger partial charge is 0.136 e. The highest BCUT2D eigenvalue weighted by molar-refractivity contribution is 7.25. The van der Waals surface area contributed by atoms with Crippen LogP contribution in [0.15, 0.2) is 203 Å². The Balaban J connectivity index is 0.829. The van der Waals surface area contributed by atoms with Crippen molar-refractivity contribution in [3.63, 3.8) is 0 Å². The molecule has 6 nitrogen and oxygen atoms in total. The third-order valence-electron chi connectivity index (χ3n) is 13.3. The molecule has 3 unspecified atom stereocenters. The summed E-state index contributed by atoms with van der Waals surface area (Å²) in [5.41, 5.74) is 12.9. The second-order valence-corrected chi connectivity index (χ2v) is 18.0. The zero-order valence-corrected chi connectivity index (χ0v) is 35.2. The summed E-state index contributed by atoms with van der Waals surface area (Å²) in [7, 11) is 0. The van der Waals surface area contributed by atoms with E-state index in [2.05, 4.69) is 203 Å². The molecule has 9 aromatic carbocycles. The Morgan fingerprint density at radius 2 is 0.984 bits per heavy atom. The van der Waals surface area contributed by atoms with Gasteiger partial charge in [0, 0.05) is 58.2 Å². The van der Waals surface area contributed by atoms with Gasteiger partial charge >= 0.3 is 0 Å². The van der Waals surface area contributed by atoms with Crippen LogP contribution in [0, 0.1) is 0 Å². The maximum atomic E-state index is 6.57. The van der Waals surface area contributed by atoms with E-state index in [0.717, 1.165) is 60.7 Å². The lowest BCUT2D eigenvalue weighted by molar-refractivity contribution is 0.204. The molecular formula is C57H38N4O2S. The number of rotatable bonds is 5. The van der Waals surface area contributed by atoms with E-state index in [1.54, 1.807) is 0 Å². The zero-order chi connectivity index (χ0) is 41.9. The fraction of sp³-hybridized carbons (Fsp3) is 0.0526. The molecule has 0 spiro atoms. The molecule has 7 heteroatoms. The molecule has 1 fully saturated rings. The van der Waals surface area contributed by atoms with E-state index in [9.17, 15) is 0 Å². The van der Waals surface area contributed by atoms with Crippen molar-refractivity contribution in [1.82, 2.24) is 20.5 Å². The highest BCUT2D eigenvalue weighted by Crippen LogP contribution is 2.43. The summed E-state index contributed by atoms with van der Waals surface area (Å²) < 4.78 is 17.6. The minimum absolute atomic E-state index is 0.0885. The first-order valence-corrected chi connectivity index (χ1v) is 22.6. The van der Waals surface area contributed by atoms with Crippen molar-refractivity contribution in [2.45, 2.75) is 18.5 Å². The number of thiophene rings is 1. The fourth-order valence-corrected chi connectivity index (χ4v) is 11.5. The average molecular weight is 843 g/mol. The SMILES string of the molecule is c1ccc(C2NC(c3ccc4oc5ccccc5c4c3)NC(c3cccc4sc5cc(-c6ccc7c(c6)oc6ccc(-n8c9ccccc9c9ccccc98)cc67)ccc5c34)N2)cc1. The summed E-state index contributed by atoms with van der Waals surface area (Å²) in [4.78, 5) is 0. The molecular weight excluding hydrogens is 805 g/mol. The molecule has 5 heterocycles. The van der Waals surface area contributed by atoms with Crippen LogP contribution in [0.5, 0.6) is 0 Å². The van der Waals surface area contributed by atoms with Crippen molar-refractivity contribution >= 4 is 97.2 Å². The maximum Gasteiger partial charge on any atom is 0.136 e. The van der Waals surface area contributed by atoms with Gasteiger partial charge in [-0.2, -0.15) is 0 Å². The highest BCUT2D eigenvalue weighted by atomic mass is 32.1. The molecule has 0 saturated carbocycles. The molecule has 13 aromatic rings. The lowest BCUT2D eigenvalue weighted by atomic mass is 9.98. The molecule has 0 radical (unpaired) electrons. The molecule has 14 rings (SSSR count). The molecule has 3 N–H and O–H groups in total. The van der Waals surface area contributed by atoms with Crippen LogP contribution in [0.4, 0.5) is 0 Å². The van der Waals surface area contributed by atoms with E-state index in [4.69, 9.17) is 8.83 Å². The summed E-state index contributed by atoms with van der Waals surface area (Å²) in [5, 5.41) is 21.3. The molecule has 0 bridgehead atoms. The Morgan fingerprint density at radius 3 is 1.80 bits per heavy atom. The van der Waals surface area contributed by atoms with Crippen LogP contribution in [0.25, 0.3) is 103 Å². The van der Waals surface area contributed by atoms with Crippen molar-refractivity contribution in [3.05, 3.63) is 211 Å². The third kappa shape index (κ3) is 5.56. The lowest BCUT2D eigenvalue weighted by Crippen LogP contribution is -2.54. The van der Waals surface area contributed by atoms with E-state index in [1.165, 1.54) is 58.7 Å². The summed E-state index contributed by atoms with van der Waals surface area (Å²) in [6.45, 7) is 0. The van der Waals surface area contributed by atoms with Crippen molar-refractivity contribution in [1.29, 1.82) is 0 Å². The Labute approximate surface area is 370 Å². The number of para-hydroxylation sites is 3. The van der Waals surface area contributed by atoms with E-state index in [-0.39, 0.29) is 18.5 Å². The second kappa shape index (κ2) is 14.0. The Hall–Kier alpha value is -7.52. The lowest BCUT2D eigenvalue weighted by Gasteiger charge is -2.40. The van der Waals surface area contributed by atoms with Gasteiger partial charge in [0.25, 0.3) is 0 Å². The average Bonchev–Trinajstić information content (AvgIpc) is 4.12. The van der Waals surface area contributed by atoms with E-state index in [1.807, 2.05) is 23.5 Å². The summed E-state index contributed by atoms with van der Waals surface area (Å²) in [6.07, 6.45) is -0.357. The number of aromatic nitrogens is 1. The normalized spacial score (nSPS) is 17.0. The van der Waals surface area contributed by atoms with Crippen LogP contribution in [-0.4, -0.2) is 4.57 Å². The van der Waals surface area contributed by atoms with Crippen LogP contribution < -0.4 is 16.0 Å². The van der Waals surface area contributed by atoms with E-state index < -0.39 is 0 Å². The Morgan fingerprint density at radius 1 is 0.375 bits per heavy atom. The number of nitrogens with one attached hydrogen (secondary N) is 3. The minimum Gasteiger partial charge on any atom is -0.456 e. The minimum atomic E-state index is -0.139. The summed E-state index contributed by atoms with van der Waals surface area (Å²) >= 11 is 1.85. The second-order valence-electron chi connectivity index (χ2n) is 17.0. The Kier molecular flexibility index (Phi) is 7.87. The van der Waals surface area contributed by atoms with Crippen LogP contribution in [0.2, 0.25) is 0 Å². The predicted octanol–water partition coefficient (Wildman–Crippen LogP) is 14.8. The summed E-state index contributed by atoms with van der Waals surface area (Å²) in [6, 6.07) is 69.6. The first-order chi connectivity index (χ1) is 31.7. The molecule has 64 heavy (non-hydrogen) atoms. The quantitative estimate of drug-likeness (QED) is 0.161. The van der Waals surface area contributed by atoms with Gasteiger partial charge < -0.3 is 13.4 Å². The number of benzene rings is 9. The Bertz CT molecular complexity index is 3940. The molecule has 1 aliphatic rings. The van der Waals surface area contributed by atoms with Gasteiger partial charge in [0.1, 0.15) is 22.3 Å². The van der Waals surface area contributed by atoms with Crippen LogP contribution in [-0.2, 0) is 0 Å². The van der Waals surface area contributed by atoms with Gasteiger partial charge in [0.05, 0.1) is 29.5 Å². The van der Waals surface area contributed by atoms with Gasteiger partial charge in [0.15, 0.2) is 0 Å². The van der Waals surface area contributed by atoms with Gasteiger partial charge in [0.2, 0.25) is 0 Å². The molecule has 0 amide bonds. The first kappa shape index (κ1) is 36.0. The van der Waals surface area contributed by atoms with Gasteiger partial charge in [-0.3, -0.25) is 16.0 Å². The maximum absolute atomic E-state index is 6.57. The predicted molar refractivity (Wildman–Crippen MR) is 264 cm³/mol. The van der Waals surface area contributed by atoms with Crippen molar-refractivity contribution in [3.8, 4) is 16.8 Å². The number of furan rings is 2. The molecule has 4 aromatic heterocycles. The van der Waals surface area contributed by atoms with Gasteiger partial charge in [-0.1, -0.05) is 121 Å². The number of hydrogen-bond donors (Lipinski definition) is 3. The fourth-order valence-electron chi connectivity index (χ4n) is 10.3. The monoisotopic (exact) mass is 842 g/mol. The third-order valence-corrected chi connectivity index (χ3v) is 14.5.